The average molecular weight is 277 g/mol. The van der Waals surface area contributed by atoms with E-state index in [2.05, 4.69) is 12.2 Å². The number of rotatable bonds is 5. The summed E-state index contributed by atoms with van der Waals surface area (Å²) in [7, 11) is 0. The maximum Gasteiger partial charge on any atom is 0.324 e. The van der Waals surface area contributed by atoms with Crippen molar-refractivity contribution in [2.75, 3.05) is 25.6 Å². The van der Waals surface area contributed by atoms with Crippen molar-refractivity contribution in [2.45, 2.75) is 38.7 Å². The maximum atomic E-state index is 11.8. The van der Waals surface area contributed by atoms with Gasteiger partial charge in [-0.05, 0) is 19.3 Å². The van der Waals surface area contributed by atoms with Gasteiger partial charge in [0, 0.05) is 32.0 Å². The molecule has 1 unspecified atom stereocenters. The number of halogens is 1. The fourth-order valence-electron chi connectivity index (χ4n) is 1.89. The molecule has 0 radical (unpaired) electrons. The number of carbonyl (C=O) groups excluding carboxylic acids is 2. The summed E-state index contributed by atoms with van der Waals surface area (Å²) in [5.41, 5.74) is 0. The number of alkyl halides is 1. The smallest absolute Gasteiger partial charge is 0.324 e. The van der Waals surface area contributed by atoms with E-state index in [1.807, 2.05) is 0 Å². The summed E-state index contributed by atoms with van der Waals surface area (Å²) in [6, 6.07) is -0.338. The zero-order valence-corrected chi connectivity index (χ0v) is 11.5. The summed E-state index contributed by atoms with van der Waals surface area (Å²) >= 11 is 5.44. The highest BCUT2D eigenvalue weighted by Gasteiger charge is 2.24. The second-order valence-corrected chi connectivity index (χ2v) is 4.75. The van der Waals surface area contributed by atoms with Gasteiger partial charge in [-0.25, -0.2) is 4.79 Å². The molecule has 1 heterocycles. The van der Waals surface area contributed by atoms with E-state index in [1.54, 1.807) is 4.90 Å². The van der Waals surface area contributed by atoms with Crippen molar-refractivity contribution >= 4 is 23.5 Å². The Bertz CT molecular complexity index is 286. The number of piperidine rings is 1. The topological polar surface area (TPSA) is 58.6 Å². The lowest BCUT2D eigenvalue weighted by Gasteiger charge is -2.32. The summed E-state index contributed by atoms with van der Waals surface area (Å²) in [5, 5.41) is 2.34. The molecule has 0 aliphatic carbocycles. The van der Waals surface area contributed by atoms with Crippen molar-refractivity contribution in [3.05, 3.63) is 0 Å². The molecule has 1 aliphatic rings. The highest BCUT2D eigenvalue weighted by atomic mass is 35.5. The van der Waals surface area contributed by atoms with Crippen LogP contribution in [0.3, 0.4) is 0 Å². The molecule has 0 saturated carbocycles. The van der Waals surface area contributed by atoms with Crippen LogP contribution in [0.15, 0.2) is 0 Å². The molecule has 0 bridgehead atoms. The molecule has 1 saturated heterocycles. The van der Waals surface area contributed by atoms with Gasteiger partial charge in [-0.2, -0.15) is 0 Å². The highest BCUT2D eigenvalue weighted by molar-refractivity contribution is 6.19. The molecule has 1 aliphatic heterocycles. The minimum Gasteiger partial charge on any atom is -0.376 e. The summed E-state index contributed by atoms with van der Waals surface area (Å²) in [4.78, 5) is 24.7. The fourth-order valence-corrected chi connectivity index (χ4v) is 2.06. The molecule has 104 valence electrons. The standard InChI is InChI=1S/C12H21ClN2O3/c1-2-8-18-10-4-3-7-15(9-10)12(17)14-11(16)5-6-13/h10H,2-9H2,1H3,(H,14,16,17). The number of ether oxygens (including phenoxy) is 1. The normalized spacial score (nSPS) is 19.7. The number of likely N-dealkylation sites (tertiary alicyclic amines) is 1. The Morgan fingerprint density at radius 3 is 2.94 bits per heavy atom. The first kappa shape index (κ1) is 15.2. The summed E-state index contributed by atoms with van der Waals surface area (Å²) in [6.45, 7) is 4.00. The molecule has 1 fully saturated rings. The number of amides is 3. The minimum atomic E-state index is -0.338. The van der Waals surface area contributed by atoms with Gasteiger partial charge in [-0.1, -0.05) is 6.92 Å². The number of carbonyl (C=O) groups is 2. The van der Waals surface area contributed by atoms with E-state index < -0.39 is 0 Å². The second kappa shape index (κ2) is 8.32. The largest absolute Gasteiger partial charge is 0.376 e. The van der Waals surface area contributed by atoms with Gasteiger partial charge < -0.3 is 9.64 Å². The molecule has 0 aromatic heterocycles. The monoisotopic (exact) mass is 276 g/mol. The quantitative estimate of drug-likeness (QED) is 0.778. The molecular weight excluding hydrogens is 256 g/mol. The Morgan fingerprint density at radius 2 is 2.28 bits per heavy atom. The number of hydrogen-bond acceptors (Lipinski definition) is 3. The Hall–Kier alpha value is -0.810. The first-order valence-corrected chi connectivity index (χ1v) is 6.97. The van der Waals surface area contributed by atoms with Gasteiger partial charge in [0.25, 0.3) is 0 Å². The van der Waals surface area contributed by atoms with Crippen molar-refractivity contribution in [1.82, 2.24) is 10.2 Å². The Labute approximate surface area is 113 Å². The molecule has 0 aromatic rings. The number of nitrogens with zero attached hydrogens (tertiary/aromatic N) is 1. The van der Waals surface area contributed by atoms with Crippen molar-refractivity contribution in [1.29, 1.82) is 0 Å². The first-order valence-electron chi connectivity index (χ1n) is 6.43. The van der Waals surface area contributed by atoms with E-state index >= 15 is 0 Å². The van der Waals surface area contributed by atoms with Gasteiger partial charge in [0.05, 0.1) is 6.10 Å². The lowest BCUT2D eigenvalue weighted by atomic mass is 10.1. The van der Waals surface area contributed by atoms with Crippen LogP contribution in [-0.4, -0.2) is 48.5 Å². The van der Waals surface area contributed by atoms with Crippen molar-refractivity contribution in [3.8, 4) is 0 Å². The summed E-state index contributed by atoms with van der Waals surface area (Å²) in [6.07, 6.45) is 3.10. The third kappa shape index (κ3) is 5.23. The van der Waals surface area contributed by atoms with Crippen LogP contribution >= 0.6 is 11.6 Å². The van der Waals surface area contributed by atoms with Gasteiger partial charge in [0.15, 0.2) is 0 Å². The number of urea groups is 1. The molecule has 18 heavy (non-hydrogen) atoms. The van der Waals surface area contributed by atoms with Crippen molar-refractivity contribution in [2.24, 2.45) is 0 Å². The van der Waals surface area contributed by atoms with Crippen molar-refractivity contribution < 1.29 is 14.3 Å². The maximum absolute atomic E-state index is 11.8. The number of nitrogens with one attached hydrogen (secondary N) is 1. The molecular formula is C12H21ClN2O3. The zero-order valence-electron chi connectivity index (χ0n) is 10.8. The van der Waals surface area contributed by atoms with Gasteiger partial charge in [-0.3, -0.25) is 10.1 Å². The molecule has 0 aromatic carbocycles. The molecule has 3 amide bonds. The lowest BCUT2D eigenvalue weighted by molar-refractivity contribution is -0.119. The Morgan fingerprint density at radius 1 is 1.50 bits per heavy atom. The van der Waals surface area contributed by atoms with Gasteiger partial charge in [0.1, 0.15) is 0 Å². The van der Waals surface area contributed by atoms with Crippen LogP contribution in [-0.2, 0) is 9.53 Å². The van der Waals surface area contributed by atoms with Gasteiger partial charge in [-0.15, -0.1) is 11.6 Å². The SMILES string of the molecule is CCCOC1CCCN(C(=O)NC(=O)CCCl)C1. The van der Waals surface area contributed by atoms with E-state index in [0.717, 1.165) is 19.3 Å². The molecule has 0 spiro atoms. The van der Waals surface area contributed by atoms with Crippen LogP contribution < -0.4 is 5.32 Å². The van der Waals surface area contributed by atoms with Crippen LogP contribution in [0.25, 0.3) is 0 Å². The van der Waals surface area contributed by atoms with Crippen LogP contribution in [0, 0.1) is 0 Å². The van der Waals surface area contributed by atoms with E-state index in [4.69, 9.17) is 16.3 Å². The Balaban J connectivity index is 2.35. The molecule has 1 rings (SSSR count). The van der Waals surface area contributed by atoms with Crippen LogP contribution in [0.4, 0.5) is 4.79 Å². The van der Waals surface area contributed by atoms with E-state index in [9.17, 15) is 9.59 Å². The predicted molar refractivity (Wildman–Crippen MR) is 69.7 cm³/mol. The molecule has 1 atom stereocenters. The van der Waals surface area contributed by atoms with Gasteiger partial charge in [0.2, 0.25) is 5.91 Å². The van der Waals surface area contributed by atoms with Crippen molar-refractivity contribution in [3.63, 3.8) is 0 Å². The first-order chi connectivity index (χ1) is 8.67. The van der Waals surface area contributed by atoms with Crippen LogP contribution in [0.5, 0.6) is 0 Å². The predicted octanol–water partition coefficient (Wildman–Crippen LogP) is 1.74. The summed E-state index contributed by atoms with van der Waals surface area (Å²) in [5.74, 6) is -0.104. The van der Waals surface area contributed by atoms with E-state index in [-0.39, 0.29) is 30.3 Å². The summed E-state index contributed by atoms with van der Waals surface area (Å²) < 4.78 is 5.64. The third-order valence-electron chi connectivity index (χ3n) is 2.79. The van der Waals surface area contributed by atoms with Gasteiger partial charge >= 0.3 is 6.03 Å². The molecule has 1 N–H and O–H groups in total. The van der Waals surface area contributed by atoms with E-state index in [1.165, 1.54) is 0 Å². The minimum absolute atomic E-state index is 0.0904. The third-order valence-corrected chi connectivity index (χ3v) is 2.98. The highest BCUT2D eigenvalue weighted by Crippen LogP contribution is 2.13. The zero-order chi connectivity index (χ0) is 13.4. The van der Waals surface area contributed by atoms with Crippen LogP contribution in [0.2, 0.25) is 0 Å². The Kier molecular flexibility index (Phi) is 7.05. The average Bonchev–Trinajstić information content (AvgIpc) is 2.37. The molecule has 6 heteroatoms. The van der Waals surface area contributed by atoms with E-state index in [0.29, 0.717) is 19.7 Å². The fraction of sp³-hybridized carbons (Fsp3) is 0.833. The lowest BCUT2D eigenvalue weighted by Crippen LogP contribution is -2.49. The molecule has 5 nitrogen and oxygen atoms in total. The number of hydrogen-bond donors (Lipinski definition) is 1. The second-order valence-electron chi connectivity index (χ2n) is 4.37. The number of imide groups is 1. The van der Waals surface area contributed by atoms with Crippen LogP contribution in [0.1, 0.15) is 32.6 Å².